The molecule has 1 aromatic rings. The largest absolute Gasteiger partial charge is 0.504 e. The molecule has 0 saturated heterocycles. The fourth-order valence-electron chi connectivity index (χ4n) is 1.08. The average molecular weight is 222 g/mol. The number of benzene rings is 1. The van der Waals surface area contributed by atoms with Gasteiger partial charge in [0.05, 0.1) is 0 Å². The lowest BCUT2D eigenvalue weighted by atomic mass is 10.2. The van der Waals surface area contributed by atoms with Gasteiger partial charge in [-0.05, 0) is 23.8 Å². The minimum absolute atomic E-state index is 0.165. The average Bonchev–Trinajstić information content (AvgIpc) is 2.24. The number of hydrogen-bond acceptors (Lipinski definition) is 4. The van der Waals surface area contributed by atoms with Crippen molar-refractivity contribution in [2.75, 3.05) is 6.54 Å². The van der Waals surface area contributed by atoms with Gasteiger partial charge in [0, 0.05) is 19.2 Å². The highest BCUT2D eigenvalue weighted by Gasteiger charge is 1.98. The van der Waals surface area contributed by atoms with Gasteiger partial charge in [0.25, 0.3) is 0 Å². The zero-order chi connectivity index (χ0) is 12.0. The number of aromatic hydroxyl groups is 2. The highest BCUT2D eigenvalue weighted by atomic mass is 16.3. The summed E-state index contributed by atoms with van der Waals surface area (Å²) < 4.78 is 0. The van der Waals surface area contributed by atoms with Crippen LogP contribution in [-0.4, -0.2) is 22.7 Å². The number of phenolic OH excluding ortho intramolecular Hbond substituents is 2. The van der Waals surface area contributed by atoms with Gasteiger partial charge in [-0.2, -0.15) is 0 Å². The summed E-state index contributed by atoms with van der Waals surface area (Å²) in [5.41, 5.74) is 5.87. The van der Waals surface area contributed by atoms with Crippen LogP contribution in [0.5, 0.6) is 11.5 Å². The molecule has 0 spiro atoms. The number of carbonyl (C=O) groups excluding carboxylic acids is 1. The minimum Gasteiger partial charge on any atom is -0.504 e. The van der Waals surface area contributed by atoms with Crippen LogP contribution in [0.2, 0.25) is 0 Å². The van der Waals surface area contributed by atoms with Crippen LogP contribution >= 0.6 is 0 Å². The third-order valence-electron chi connectivity index (χ3n) is 1.89. The molecule has 0 aromatic heterocycles. The Kier molecular flexibility index (Phi) is 4.35. The van der Waals surface area contributed by atoms with Crippen molar-refractivity contribution in [3.8, 4) is 11.5 Å². The lowest BCUT2D eigenvalue weighted by Gasteiger charge is -1.99. The normalized spacial score (nSPS) is 10.6. The molecule has 5 nitrogen and oxygen atoms in total. The smallest absolute Gasteiger partial charge is 0.225 e. The van der Waals surface area contributed by atoms with Crippen molar-refractivity contribution in [1.29, 1.82) is 0 Å². The SMILES string of the molecule is NCCC(=O)N/C=C/c1ccc(O)c(O)c1. The molecule has 0 unspecified atom stereocenters. The van der Waals surface area contributed by atoms with E-state index < -0.39 is 0 Å². The molecule has 1 rings (SSSR count). The maximum absolute atomic E-state index is 11.0. The molecular formula is C11H14N2O3. The summed E-state index contributed by atoms with van der Waals surface area (Å²) in [7, 11) is 0. The lowest BCUT2D eigenvalue weighted by molar-refractivity contribution is -0.119. The van der Waals surface area contributed by atoms with Gasteiger partial charge in [0.2, 0.25) is 5.91 Å². The first kappa shape index (κ1) is 12.1. The molecular weight excluding hydrogens is 208 g/mol. The Morgan fingerprint density at radius 3 is 2.75 bits per heavy atom. The lowest BCUT2D eigenvalue weighted by Crippen LogP contribution is -2.20. The van der Waals surface area contributed by atoms with Gasteiger partial charge in [0.1, 0.15) is 0 Å². The van der Waals surface area contributed by atoms with E-state index in [1.165, 1.54) is 18.3 Å². The fraction of sp³-hybridized carbons (Fsp3) is 0.182. The quantitative estimate of drug-likeness (QED) is 0.559. The topological polar surface area (TPSA) is 95.6 Å². The maximum atomic E-state index is 11.0. The number of carbonyl (C=O) groups is 1. The monoisotopic (exact) mass is 222 g/mol. The summed E-state index contributed by atoms with van der Waals surface area (Å²) in [6.45, 7) is 0.305. The minimum atomic E-state index is -0.199. The highest BCUT2D eigenvalue weighted by molar-refractivity contribution is 5.77. The molecule has 0 heterocycles. The first-order chi connectivity index (χ1) is 7.63. The van der Waals surface area contributed by atoms with Gasteiger partial charge in [0.15, 0.2) is 11.5 Å². The molecule has 5 heteroatoms. The Balaban J connectivity index is 2.56. The number of rotatable bonds is 4. The molecule has 0 bridgehead atoms. The van der Waals surface area contributed by atoms with E-state index in [0.29, 0.717) is 12.1 Å². The van der Waals surface area contributed by atoms with E-state index in [4.69, 9.17) is 10.8 Å². The molecule has 0 aliphatic carbocycles. The van der Waals surface area contributed by atoms with Crippen LogP contribution < -0.4 is 11.1 Å². The summed E-state index contributed by atoms with van der Waals surface area (Å²) >= 11 is 0. The number of nitrogens with one attached hydrogen (secondary N) is 1. The van der Waals surface area contributed by atoms with Crippen LogP contribution in [0.1, 0.15) is 12.0 Å². The van der Waals surface area contributed by atoms with Crippen molar-refractivity contribution >= 4 is 12.0 Å². The summed E-state index contributed by atoms with van der Waals surface area (Å²) in [5, 5.41) is 20.8. The van der Waals surface area contributed by atoms with Crippen molar-refractivity contribution in [3.63, 3.8) is 0 Å². The molecule has 0 aliphatic rings. The maximum Gasteiger partial charge on any atom is 0.225 e. The van der Waals surface area contributed by atoms with Crippen molar-refractivity contribution in [2.24, 2.45) is 5.73 Å². The third-order valence-corrected chi connectivity index (χ3v) is 1.89. The van der Waals surface area contributed by atoms with E-state index in [9.17, 15) is 9.90 Å². The Morgan fingerprint density at radius 1 is 1.38 bits per heavy atom. The number of hydrogen-bond donors (Lipinski definition) is 4. The zero-order valence-corrected chi connectivity index (χ0v) is 8.68. The van der Waals surface area contributed by atoms with Crippen LogP contribution in [0.25, 0.3) is 6.08 Å². The standard InChI is InChI=1S/C11H14N2O3/c12-5-3-11(16)13-6-4-8-1-2-9(14)10(15)7-8/h1-2,4,6-7,14-15H,3,5,12H2,(H,13,16)/b6-4+. The van der Waals surface area contributed by atoms with Crippen LogP contribution in [0, 0.1) is 0 Å². The number of amides is 1. The van der Waals surface area contributed by atoms with E-state index in [1.807, 2.05) is 0 Å². The second kappa shape index (κ2) is 5.77. The van der Waals surface area contributed by atoms with Gasteiger partial charge in [-0.1, -0.05) is 6.07 Å². The van der Waals surface area contributed by atoms with Gasteiger partial charge < -0.3 is 21.3 Å². The Hall–Kier alpha value is -2.01. The summed E-state index contributed by atoms with van der Waals surface area (Å²) in [4.78, 5) is 11.0. The van der Waals surface area contributed by atoms with E-state index in [1.54, 1.807) is 12.1 Å². The van der Waals surface area contributed by atoms with Gasteiger partial charge in [-0.3, -0.25) is 4.79 Å². The predicted octanol–water partition coefficient (Wildman–Crippen LogP) is 0.533. The Morgan fingerprint density at radius 2 is 2.12 bits per heavy atom. The summed E-state index contributed by atoms with van der Waals surface area (Å²) in [6.07, 6.45) is 3.34. The molecule has 0 saturated carbocycles. The van der Waals surface area contributed by atoms with Crippen molar-refractivity contribution in [3.05, 3.63) is 30.0 Å². The molecule has 0 fully saturated rings. The molecule has 5 N–H and O–H groups in total. The molecule has 0 radical (unpaired) electrons. The third kappa shape index (κ3) is 3.62. The first-order valence-corrected chi connectivity index (χ1v) is 4.81. The van der Waals surface area contributed by atoms with Crippen molar-refractivity contribution in [1.82, 2.24) is 5.32 Å². The molecule has 16 heavy (non-hydrogen) atoms. The second-order valence-corrected chi connectivity index (χ2v) is 3.19. The highest BCUT2D eigenvalue weighted by Crippen LogP contribution is 2.25. The van der Waals surface area contributed by atoms with Gasteiger partial charge in [-0.25, -0.2) is 0 Å². The van der Waals surface area contributed by atoms with E-state index in [-0.39, 0.29) is 23.8 Å². The fourth-order valence-corrected chi connectivity index (χ4v) is 1.08. The van der Waals surface area contributed by atoms with Crippen LogP contribution in [-0.2, 0) is 4.79 Å². The summed E-state index contributed by atoms with van der Waals surface area (Å²) in [5.74, 6) is -0.540. The molecule has 1 amide bonds. The summed E-state index contributed by atoms with van der Waals surface area (Å²) in [6, 6.07) is 4.37. The molecule has 1 aromatic carbocycles. The second-order valence-electron chi connectivity index (χ2n) is 3.19. The van der Waals surface area contributed by atoms with E-state index >= 15 is 0 Å². The van der Waals surface area contributed by atoms with Crippen LogP contribution in [0.4, 0.5) is 0 Å². The van der Waals surface area contributed by atoms with Crippen LogP contribution in [0.15, 0.2) is 24.4 Å². The van der Waals surface area contributed by atoms with Crippen LogP contribution in [0.3, 0.4) is 0 Å². The van der Waals surface area contributed by atoms with Gasteiger partial charge in [-0.15, -0.1) is 0 Å². The van der Waals surface area contributed by atoms with Gasteiger partial charge >= 0.3 is 0 Å². The van der Waals surface area contributed by atoms with Crippen molar-refractivity contribution in [2.45, 2.75) is 6.42 Å². The Labute approximate surface area is 93.2 Å². The Bertz CT molecular complexity index is 402. The molecule has 0 atom stereocenters. The number of phenols is 2. The predicted molar refractivity (Wildman–Crippen MR) is 60.6 cm³/mol. The number of nitrogens with two attached hydrogens (primary N) is 1. The zero-order valence-electron chi connectivity index (χ0n) is 8.68. The van der Waals surface area contributed by atoms with E-state index in [2.05, 4.69) is 5.32 Å². The van der Waals surface area contributed by atoms with E-state index in [0.717, 1.165) is 0 Å². The van der Waals surface area contributed by atoms with Crippen molar-refractivity contribution < 1.29 is 15.0 Å². The molecule has 86 valence electrons. The first-order valence-electron chi connectivity index (χ1n) is 4.81. The molecule has 0 aliphatic heterocycles.